The van der Waals surface area contributed by atoms with Crippen molar-refractivity contribution in [1.29, 1.82) is 0 Å². The summed E-state index contributed by atoms with van der Waals surface area (Å²) in [5.41, 5.74) is -0.0298. The van der Waals surface area contributed by atoms with Crippen molar-refractivity contribution in [2.75, 3.05) is 40.0 Å². The topological polar surface area (TPSA) is 44.7 Å². The molecule has 1 aliphatic heterocycles. The second-order valence-corrected chi connectivity index (χ2v) is 6.78. The fourth-order valence-electron chi connectivity index (χ4n) is 3.73. The predicted octanol–water partition coefficient (Wildman–Crippen LogP) is 1.63. The molecule has 0 amide bonds. The summed E-state index contributed by atoms with van der Waals surface area (Å²) >= 11 is 0. The highest BCUT2D eigenvalue weighted by atomic mass is 16.5. The molecule has 1 heterocycles. The van der Waals surface area contributed by atoms with Gasteiger partial charge < -0.3 is 20.1 Å². The molecule has 2 aliphatic rings. The van der Waals surface area contributed by atoms with Gasteiger partial charge in [0, 0.05) is 24.7 Å². The number of nitrogens with zero attached hydrogens (tertiary/aromatic N) is 1. The molecule has 0 bridgehead atoms. The Labute approximate surface area is 123 Å². The molecular weight excluding hydrogens is 252 g/mol. The van der Waals surface area contributed by atoms with E-state index in [4.69, 9.17) is 4.74 Å². The van der Waals surface area contributed by atoms with Crippen LogP contribution in [0.2, 0.25) is 0 Å². The van der Waals surface area contributed by atoms with E-state index in [-0.39, 0.29) is 12.1 Å². The molecule has 1 aliphatic carbocycles. The Kier molecular flexibility index (Phi) is 6.27. The van der Waals surface area contributed by atoms with E-state index in [0.717, 1.165) is 45.6 Å². The van der Waals surface area contributed by atoms with Gasteiger partial charge in [-0.2, -0.15) is 0 Å². The van der Waals surface area contributed by atoms with Gasteiger partial charge in [0.15, 0.2) is 0 Å². The lowest BCUT2D eigenvalue weighted by Gasteiger charge is -2.33. The smallest absolute Gasteiger partial charge is 0.0613 e. The van der Waals surface area contributed by atoms with Crippen LogP contribution in [0.5, 0.6) is 0 Å². The minimum Gasteiger partial charge on any atom is -0.394 e. The van der Waals surface area contributed by atoms with Gasteiger partial charge in [-0.1, -0.05) is 6.92 Å². The van der Waals surface area contributed by atoms with E-state index < -0.39 is 0 Å². The molecule has 0 aromatic rings. The Morgan fingerprint density at radius 2 is 2.25 bits per heavy atom. The Balaban J connectivity index is 1.80. The lowest BCUT2D eigenvalue weighted by atomic mass is 9.97. The fourth-order valence-corrected chi connectivity index (χ4v) is 3.73. The molecule has 20 heavy (non-hydrogen) atoms. The van der Waals surface area contributed by atoms with Crippen LogP contribution < -0.4 is 5.32 Å². The fraction of sp³-hybridized carbons (Fsp3) is 1.00. The van der Waals surface area contributed by atoms with Gasteiger partial charge >= 0.3 is 0 Å². The Bertz CT molecular complexity index is 282. The minimum atomic E-state index is -0.0298. The van der Waals surface area contributed by atoms with Crippen molar-refractivity contribution in [3.05, 3.63) is 0 Å². The van der Waals surface area contributed by atoms with E-state index in [9.17, 15) is 5.11 Å². The lowest BCUT2D eigenvalue weighted by Crippen LogP contribution is -2.48. The molecule has 2 rings (SSSR count). The van der Waals surface area contributed by atoms with Gasteiger partial charge in [0.1, 0.15) is 0 Å². The number of hydrogen-bond acceptors (Lipinski definition) is 4. The average Bonchev–Trinajstić information content (AvgIpc) is 2.91. The summed E-state index contributed by atoms with van der Waals surface area (Å²) in [5.74, 6) is 0.696. The molecule has 0 spiro atoms. The molecule has 2 fully saturated rings. The maximum absolute atomic E-state index is 9.76. The molecule has 0 aromatic carbocycles. The third-order valence-corrected chi connectivity index (χ3v) is 5.06. The Morgan fingerprint density at radius 3 is 2.90 bits per heavy atom. The first-order chi connectivity index (χ1) is 9.69. The van der Waals surface area contributed by atoms with Crippen LogP contribution in [0.25, 0.3) is 0 Å². The molecule has 3 unspecified atom stereocenters. The maximum Gasteiger partial charge on any atom is 0.0613 e. The highest BCUT2D eigenvalue weighted by Crippen LogP contribution is 2.33. The Hall–Kier alpha value is -0.160. The summed E-state index contributed by atoms with van der Waals surface area (Å²) in [6.45, 7) is 6.46. The first kappa shape index (κ1) is 16.2. The number of nitrogens with one attached hydrogen (secondary N) is 1. The number of hydrogen-bond donors (Lipinski definition) is 2. The standard InChI is InChI=1S/C16H32N2O2/c1-3-8-17-16(13-19)7-6-15(10-16)18(2)11-14-5-4-9-20-12-14/h14-15,17,19H,3-13H2,1-2H3. The maximum atomic E-state index is 9.76. The van der Waals surface area contributed by atoms with Crippen molar-refractivity contribution in [2.24, 2.45) is 5.92 Å². The van der Waals surface area contributed by atoms with E-state index in [1.165, 1.54) is 19.3 Å². The van der Waals surface area contributed by atoms with E-state index in [1.54, 1.807) is 0 Å². The van der Waals surface area contributed by atoms with E-state index in [1.807, 2.05) is 0 Å². The van der Waals surface area contributed by atoms with Crippen LogP contribution in [0.3, 0.4) is 0 Å². The van der Waals surface area contributed by atoms with Gasteiger partial charge in [0.2, 0.25) is 0 Å². The van der Waals surface area contributed by atoms with Crippen molar-refractivity contribution in [1.82, 2.24) is 10.2 Å². The van der Waals surface area contributed by atoms with Crippen molar-refractivity contribution in [3.63, 3.8) is 0 Å². The first-order valence-corrected chi connectivity index (χ1v) is 8.33. The molecule has 4 heteroatoms. The molecule has 0 aromatic heterocycles. The third-order valence-electron chi connectivity index (χ3n) is 5.06. The molecular formula is C16H32N2O2. The van der Waals surface area contributed by atoms with Crippen molar-refractivity contribution in [3.8, 4) is 0 Å². The van der Waals surface area contributed by atoms with Crippen molar-refractivity contribution < 1.29 is 9.84 Å². The predicted molar refractivity (Wildman–Crippen MR) is 81.9 cm³/mol. The zero-order chi connectivity index (χ0) is 14.4. The van der Waals surface area contributed by atoms with Crippen LogP contribution >= 0.6 is 0 Å². The second kappa shape index (κ2) is 7.74. The van der Waals surface area contributed by atoms with Crippen molar-refractivity contribution in [2.45, 2.75) is 57.0 Å². The minimum absolute atomic E-state index is 0.0298. The zero-order valence-corrected chi connectivity index (χ0v) is 13.2. The Morgan fingerprint density at radius 1 is 1.40 bits per heavy atom. The molecule has 1 saturated carbocycles. The highest BCUT2D eigenvalue weighted by molar-refractivity contribution is 4.99. The zero-order valence-electron chi connectivity index (χ0n) is 13.2. The quantitative estimate of drug-likeness (QED) is 0.746. The van der Waals surface area contributed by atoms with Crippen LogP contribution in [0, 0.1) is 5.92 Å². The molecule has 0 radical (unpaired) electrons. The molecule has 118 valence electrons. The SMILES string of the molecule is CCCNC1(CO)CCC(N(C)CC2CCCOC2)C1. The number of aliphatic hydroxyl groups excluding tert-OH is 1. The van der Waals surface area contributed by atoms with Gasteiger partial charge in [0.25, 0.3) is 0 Å². The normalized spacial score (nSPS) is 34.8. The summed E-state index contributed by atoms with van der Waals surface area (Å²) < 4.78 is 5.58. The summed E-state index contributed by atoms with van der Waals surface area (Å²) in [6.07, 6.45) is 7.01. The third kappa shape index (κ3) is 4.17. The van der Waals surface area contributed by atoms with E-state index >= 15 is 0 Å². The summed E-state index contributed by atoms with van der Waals surface area (Å²) in [7, 11) is 2.24. The van der Waals surface area contributed by atoms with Crippen LogP contribution in [-0.4, -0.2) is 61.5 Å². The number of aliphatic hydroxyl groups is 1. The molecule has 4 nitrogen and oxygen atoms in total. The van der Waals surface area contributed by atoms with E-state index in [0.29, 0.717) is 12.0 Å². The van der Waals surface area contributed by atoms with Crippen LogP contribution in [0.1, 0.15) is 45.4 Å². The highest BCUT2D eigenvalue weighted by Gasteiger charge is 2.39. The van der Waals surface area contributed by atoms with Crippen LogP contribution in [0.4, 0.5) is 0 Å². The van der Waals surface area contributed by atoms with Gasteiger partial charge in [0.05, 0.1) is 13.2 Å². The molecule has 1 saturated heterocycles. The first-order valence-electron chi connectivity index (χ1n) is 8.33. The van der Waals surface area contributed by atoms with Gasteiger partial charge in [-0.25, -0.2) is 0 Å². The van der Waals surface area contributed by atoms with Crippen molar-refractivity contribution >= 4 is 0 Å². The summed E-state index contributed by atoms with van der Waals surface area (Å²) in [5, 5.41) is 13.3. The molecule has 2 N–H and O–H groups in total. The second-order valence-electron chi connectivity index (χ2n) is 6.78. The lowest BCUT2D eigenvalue weighted by molar-refractivity contribution is 0.0355. The monoisotopic (exact) mass is 284 g/mol. The number of ether oxygens (including phenoxy) is 1. The van der Waals surface area contributed by atoms with Gasteiger partial charge in [-0.3, -0.25) is 0 Å². The van der Waals surface area contributed by atoms with Gasteiger partial charge in [-0.05, 0) is 58.0 Å². The van der Waals surface area contributed by atoms with Crippen LogP contribution in [-0.2, 0) is 4.74 Å². The largest absolute Gasteiger partial charge is 0.394 e. The summed E-state index contributed by atoms with van der Waals surface area (Å²) in [6, 6.07) is 0.605. The summed E-state index contributed by atoms with van der Waals surface area (Å²) in [4.78, 5) is 2.50. The van der Waals surface area contributed by atoms with Crippen LogP contribution in [0.15, 0.2) is 0 Å². The molecule has 3 atom stereocenters. The number of rotatable bonds is 7. The van der Waals surface area contributed by atoms with E-state index in [2.05, 4.69) is 24.2 Å². The van der Waals surface area contributed by atoms with Gasteiger partial charge in [-0.15, -0.1) is 0 Å². The average molecular weight is 284 g/mol.